The van der Waals surface area contributed by atoms with Gasteiger partial charge in [0.25, 0.3) is 0 Å². The number of carbonyl (C=O) groups is 1. The van der Waals surface area contributed by atoms with Crippen LogP contribution in [0.25, 0.3) is 0 Å². The number of hydrogen-bond donors (Lipinski definition) is 0. The van der Waals surface area contributed by atoms with Crippen LogP contribution in [0.4, 0.5) is 0 Å². The average Bonchev–Trinajstić information content (AvgIpc) is 2.97. The summed E-state index contributed by atoms with van der Waals surface area (Å²) in [7, 11) is 0. The van der Waals surface area contributed by atoms with Crippen molar-refractivity contribution >= 4 is 5.78 Å². The molecule has 2 nitrogen and oxygen atoms in total. The molecule has 0 spiro atoms. The van der Waals surface area contributed by atoms with Crippen molar-refractivity contribution in [3.8, 4) is 0 Å². The van der Waals surface area contributed by atoms with Crippen LogP contribution < -0.4 is 0 Å². The van der Waals surface area contributed by atoms with E-state index >= 15 is 0 Å². The molecule has 1 saturated heterocycles. The second-order valence-corrected chi connectivity index (χ2v) is 6.34. The molecular weight excluding hydrogens is 246 g/mol. The lowest BCUT2D eigenvalue weighted by atomic mass is 9.91. The van der Waals surface area contributed by atoms with E-state index in [1.165, 1.54) is 37.7 Å². The largest absolute Gasteiger partial charge is 0.293 e. The van der Waals surface area contributed by atoms with Crippen LogP contribution in [-0.4, -0.2) is 29.8 Å². The van der Waals surface area contributed by atoms with E-state index in [2.05, 4.69) is 24.0 Å². The van der Waals surface area contributed by atoms with Crippen molar-refractivity contribution in [1.29, 1.82) is 0 Å². The summed E-state index contributed by atoms with van der Waals surface area (Å²) in [5.41, 5.74) is 2.18. The smallest absolute Gasteiger partial charge is 0.176 e. The van der Waals surface area contributed by atoms with Gasteiger partial charge in [0, 0.05) is 11.6 Å². The number of Topliss-reactive ketones (excluding diaryl/α,β-unsaturated/α-hetero) is 1. The van der Waals surface area contributed by atoms with E-state index in [4.69, 9.17) is 0 Å². The molecule has 0 radical (unpaired) electrons. The molecule has 1 aliphatic carbocycles. The molecule has 0 aromatic heterocycles. The van der Waals surface area contributed by atoms with Crippen molar-refractivity contribution in [3.05, 3.63) is 35.4 Å². The fraction of sp³-hybridized carbons (Fsp3) is 0.611. The highest BCUT2D eigenvalue weighted by molar-refractivity contribution is 5.97. The van der Waals surface area contributed by atoms with Gasteiger partial charge in [-0.1, -0.05) is 37.6 Å². The lowest BCUT2D eigenvalue weighted by Gasteiger charge is -2.37. The Morgan fingerprint density at radius 1 is 1.15 bits per heavy atom. The molecule has 0 N–H and O–H groups in total. The number of aryl methyl sites for hydroxylation is 1. The maximum absolute atomic E-state index is 12.5. The summed E-state index contributed by atoms with van der Waals surface area (Å²) in [5.74, 6) is 1.15. The second kappa shape index (κ2) is 6.09. The summed E-state index contributed by atoms with van der Waals surface area (Å²) in [4.78, 5) is 14.9. The summed E-state index contributed by atoms with van der Waals surface area (Å²) in [6.07, 6.45) is 7.70. The number of likely N-dealkylation sites (tertiary alicyclic amines) is 1. The second-order valence-electron chi connectivity index (χ2n) is 6.34. The van der Waals surface area contributed by atoms with Gasteiger partial charge < -0.3 is 0 Å². The van der Waals surface area contributed by atoms with Gasteiger partial charge in [-0.05, 0) is 50.1 Å². The molecule has 1 heterocycles. The Balaban J connectivity index is 1.65. The minimum atomic E-state index is 0.292. The third kappa shape index (κ3) is 2.80. The molecule has 1 saturated carbocycles. The van der Waals surface area contributed by atoms with E-state index in [1.54, 1.807) is 0 Å². The molecular formula is C18H25NO. The molecule has 2 fully saturated rings. The third-order valence-electron chi connectivity index (χ3n) is 5.14. The van der Waals surface area contributed by atoms with E-state index in [-0.39, 0.29) is 0 Å². The molecule has 2 atom stereocenters. The quantitative estimate of drug-likeness (QED) is 0.778. The highest BCUT2D eigenvalue weighted by Gasteiger charge is 2.35. The van der Waals surface area contributed by atoms with Gasteiger partial charge in [-0.3, -0.25) is 9.69 Å². The topological polar surface area (TPSA) is 20.3 Å². The van der Waals surface area contributed by atoms with Crippen LogP contribution in [-0.2, 0) is 6.42 Å². The highest BCUT2D eigenvalue weighted by atomic mass is 16.1. The highest BCUT2D eigenvalue weighted by Crippen LogP contribution is 2.36. The van der Waals surface area contributed by atoms with Crippen LogP contribution in [0, 0.1) is 5.92 Å². The van der Waals surface area contributed by atoms with Crippen LogP contribution >= 0.6 is 0 Å². The van der Waals surface area contributed by atoms with Gasteiger partial charge in [0.05, 0.1) is 6.54 Å². The predicted molar refractivity (Wildman–Crippen MR) is 82.1 cm³/mol. The van der Waals surface area contributed by atoms with Gasteiger partial charge in [-0.2, -0.15) is 0 Å². The summed E-state index contributed by atoms with van der Waals surface area (Å²) in [6.45, 7) is 3.87. The number of ketones is 1. The van der Waals surface area contributed by atoms with E-state index in [1.807, 2.05) is 12.1 Å². The van der Waals surface area contributed by atoms with Gasteiger partial charge in [-0.25, -0.2) is 0 Å². The van der Waals surface area contributed by atoms with Crippen molar-refractivity contribution in [2.75, 3.05) is 13.1 Å². The Bertz CT molecular complexity index is 465. The van der Waals surface area contributed by atoms with Gasteiger partial charge in [0.15, 0.2) is 5.78 Å². The Kier molecular flexibility index (Phi) is 4.21. The van der Waals surface area contributed by atoms with Crippen LogP contribution in [0.5, 0.6) is 0 Å². The van der Waals surface area contributed by atoms with Gasteiger partial charge >= 0.3 is 0 Å². The van der Waals surface area contributed by atoms with Gasteiger partial charge in [0.1, 0.15) is 0 Å². The van der Waals surface area contributed by atoms with Crippen molar-refractivity contribution in [3.63, 3.8) is 0 Å². The number of benzene rings is 1. The van der Waals surface area contributed by atoms with Gasteiger partial charge in [-0.15, -0.1) is 0 Å². The number of nitrogens with zero attached hydrogens (tertiary/aromatic N) is 1. The van der Waals surface area contributed by atoms with Crippen LogP contribution in [0.1, 0.15) is 54.9 Å². The molecule has 2 aliphatic rings. The van der Waals surface area contributed by atoms with E-state index in [0.29, 0.717) is 18.4 Å². The number of rotatable bonds is 4. The minimum absolute atomic E-state index is 0.292. The van der Waals surface area contributed by atoms with E-state index in [0.717, 1.165) is 24.4 Å². The predicted octanol–water partition coefficient (Wildman–Crippen LogP) is 3.70. The number of hydrogen-bond acceptors (Lipinski definition) is 2. The van der Waals surface area contributed by atoms with Crippen LogP contribution in [0.2, 0.25) is 0 Å². The molecule has 3 rings (SSSR count). The number of fused-ring (bicyclic) bond motifs is 1. The Morgan fingerprint density at radius 3 is 2.65 bits per heavy atom. The lowest BCUT2D eigenvalue weighted by molar-refractivity contribution is 0.0777. The summed E-state index contributed by atoms with van der Waals surface area (Å²) >= 11 is 0. The van der Waals surface area contributed by atoms with Gasteiger partial charge in [0.2, 0.25) is 0 Å². The SMILES string of the molecule is CCc1ccc(C(=O)CN2CCCC3CCCC32)cc1. The molecule has 20 heavy (non-hydrogen) atoms. The molecule has 1 aliphatic heterocycles. The molecule has 2 unspecified atom stereocenters. The first-order chi connectivity index (χ1) is 9.78. The normalized spacial score (nSPS) is 26.4. The first-order valence-electron chi connectivity index (χ1n) is 8.14. The first-order valence-corrected chi connectivity index (χ1v) is 8.14. The van der Waals surface area contributed by atoms with Crippen molar-refractivity contribution < 1.29 is 4.79 Å². The standard InChI is InChI=1S/C18H25NO/c1-2-14-8-10-16(11-9-14)18(20)13-19-12-4-6-15-5-3-7-17(15)19/h8-11,15,17H,2-7,12-13H2,1H3. The molecule has 0 bridgehead atoms. The molecule has 0 amide bonds. The molecule has 2 heteroatoms. The zero-order valence-electron chi connectivity index (χ0n) is 12.5. The maximum atomic E-state index is 12.5. The van der Waals surface area contributed by atoms with Crippen molar-refractivity contribution in [2.45, 2.75) is 51.5 Å². The summed E-state index contributed by atoms with van der Waals surface area (Å²) in [6, 6.07) is 8.85. The Labute approximate surface area is 122 Å². The van der Waals surface area contributed by atoms with E-state index in [9.17, 15) is 4.79 Å². The summed E-state index contributed by atoms with van der Waals surface area (Å²) in [5, 5.41) is 0. The van der Waals surface area contributed by atoms with Crippen LogP contribution in [0.15, 0.2) is 24.3 Å². The molecule has 1 aromatic carbocycles. The zero-order valence-corrected chi connectivity index (χ0v) is 12.5. The van der Waals surface area contributed by atoms with Crippen LogP contribution in [0.3, 0.4) is 0 Å². The van der Waals surface area contributed by atoms with Crippen molar-refractivity contribution in [1.82, 2.24) is 4.90 Å². The summed E-state index contributed by atoms with van der Waals surface area (Å²) < 4.78 is 0. The zero-order chi connectivity index (χ0) is 13.9. The maximum Gasteiger partial charge on any atom is 0.176 e. The number of carbonyl (C=O) groups excluding carboxylic acids is 1. The average molecular weight is 271 g/mol. The third-order valence-corrected chi connectivity index (χ3v) is 5.14. The fourth-order valence-electron chi connectivity index (χ4n) is 3.96. The Morgan fingerprint density at radius 2 is 1.90 bits per heavy atom. The van der Waals surface area contributed by atoms with E-state index < -0.39 is 0 Å². The lowest BCUT2D eigenvalue weighted by Crippen LogP contribution is -2.45. The van der Waals surface area contributed by atoms with Crippen molar-refractivity contribution in [2.24, 2.45) is 5.92 Å². The molecule has 108 valence electrons. The number of piperidine rings is 1. The Hall–Kier alpha value is -1.15. The molecule has 1 aromatic rings. The monoisotopic (exact) mass is 271 g/mol. The fourth-order valence-corrected chi connectivity index (χ4v) is 3.96. The minimum Gasteiger partial charge on any atom is -0.293 e. The first kappa shape index (κ1) is 13.8.